The zero-order valence-electron chi connectivity index (χ0n) is 17.7. The van der Waals surface area contributed by atoms with Gasteiger partial charge in [-0.2, -0.15) is 0 Å². The molecular weight excluding hydrogens is 356 g/mol. The van der Waals surface area contributed by atoms with Gasteiger partial charge in [0.15, 0.2) is 0 Å². The van der Waals surface area contributed by atoms with Crippen LogP contribution in [0.4, 0.5) is 0 Å². The maximum Gasteiger partial charge on any atom is 0.244 e. The summed E-state index contributed by atoms with van der Waals surface area (Å²) in [5.74, 6) is 0.148. The lowest BCUT2D eigenvalue weighted by atomic mass is 9.70. The van der Waals surface area contributed by atoms with Crippen LogP contribution >= 0.6 is 0 Å². The Morgan fingerprint density at radius 3 is 2.36 bits per heavy atom. The Labute approximate surface area is 168 Å². The van der Waals surface area contributed by atoms with E-state index < -0.39 is 18.8 Å². The van der Waals surface area contributed by atoms with Crippen molar-refractivity contribution in [1.82, 2.24) is 10.6 Å². The van der Waals surface area contributed by atoms with Crippen LogP contribution in [0.5, 0.6) is 0 Å². The number of carbonyl (C=O) groups excluding carboxylic acids is 2. The zero-order chi connectivity index (χ0) is 20.5. The molecule has 4 N–H and O–H groups in total. The average molecular weight is 395 g/mol. The molecule has 2 amide bonds. The molecular formula is C22H38N2O4. The van der Waals surface area contributed by atoms with Crippen LogP contribution in [0.2, 0.25) is 0 Å². The molecule has 3 aliphatic carbocycles. The van der Waals surface area contributed by atoms with Crippen molar-refractivity contribution in [2.75, 3.05) is 13.2 Å². The average Bonchev–Trinajstić information content (AvgIpc) is 2.98. The largest absolute Gasteiger partial charge is 0.394 e. The summed E-state index contributed by atoms with van der Waals surface area (Å²) in [6.45, 7) is 6.72. The number of aliphatic hydroxyl groups is 2. The Hall–Kier alpha value is -1.14. The maximum absolute atomic E-state index is 12.6. The predicted octanol–water partition coefficient (Wildman–Crippen LogP) is 1.98. The Morgan fingerprint density at radius 2 is 1.79 bits per heavy atom. The van der Waals surface area contributed by atoms with Crippen LogP contribution in [-0.4, -0.2) is 47.3 Å². The smallest absolute Gasteiger partial charge is 0.244 e. The van der Waals surface area contributed by atoms with Crippen LogP contribution in [0.15, 0.2) is 0 Å². The number of aliphatic hydroxyl groups excluding tert-OH is 2. The molecule has 0 aromatic carbocycles. The van der Waals surface area contributed by atoms with Gasteiger partial charge in [0.05, 0.1) is 12.7 Å². The Balaban J connectivity index is 1.51. The summed E-state index contributed by atoms with van der Waals surface area (Å²) < 4.78 is 0. The number of fused-ring (bicyclic) bond motifs is 2. The van der Waals surface area contributed by atoms with Crippen molar-refractivity contribution in [3.05, 3.63) is 0 Å². The molecule has 0 radical (unpaired) electrons. The molecule has 4 unspecified atom stereocenters. The quantitative estimate of drug-likeness (QED) is 0.531. The summed E-state index contributed by atoms with van der Waals surface area (Å²) in [5.41, 5.74) is -0.151. The maximum atomic E-state index is 12.6. The molecule has 3 rings (SSSR count). The molecule has 3 fully saturated rings. The SMILES string of the molecule is CC1(C)C2CCC1(C)C(O)C2CC(=O)N[C@@H](CO)C(=O)NCC1CCCCC1. The minimum absolute atomic E-state index is 0.00507. The summed E-state index contributed by atoms with van der Waals surface area (Å²) >= 11 is 0. The van der Waals surface area contributed by atoms with Crippen LogP contribution in [0.25, 0.3) is 0 Å². The standard InChI is InChI=1S/C22H38N2O4/c1-21(2)16-9-10-22(21,3)19(27)15(16)11-18(26)24-17(13-25)20(28)23-12-14-7-5-4-6-8-14/h14-17,19,25,27H,4-13H2,1-3H3,(H,23,28)(H,24,26)/t15?,16?,17-,19?,22?/m0/s1. The molecule has 0 spiro atoms. The molecule has 160 valence electrons. The molecule has 0 aromatic heterocycles. The monoisotopic (exact) mass is 394 g/mol. The van der Waals surface area contributed by atoms with E-state index in [-0.39, 0.29) is 35.0 Å². The van der Waals surface area contributed by atoms with Crippen LogP contribution in [0.1, 0.15) is 72.1 Å². The van der Waals surface area contributed by atoms with Gasteiger partial charge in [-0.15, -0.1) is 0 Å². The Morgan fingerprint density at radius 1 is 1.11 bits per heavy atom. The number of hydrogen-bond acceptors (Lipinski definition) is 4. The molecule has 28 heavy (non-hydrogen) atoms. The van der Waals surface area contributed by atoms with E-state index in [0.29, 0.717) is 18.4 Å². The number of nitrogens with one attached hydrogen (secondary N) is 2. The van der Waals surface area contributed by atoms with Gasteiger partial charge in [-0.25, -0.2) is 0 Å². The van der Waals surface area contributed by atoms with Crippen molar-refractivity contribution >= 4 is 11.8 Å². The topological polar surface area (TPSA) is 98.7 Å². The normalized spacial score (nSPS) is 35.5. The summed E-state index contributed by atoms with van der Waals surface area (Å²) in [6.07, 6.45) is 7.68. The predicted molar refractivity (Wildman–Crippen MR) is 107 cm³/mol. The Bertz CT molecular complexity index is 587. The number of carbonyl (C=O) groups is 2. The zero-order valence-corrected chi connectivity index (χ0v) is 17.7. The third-order valence-corrected chi connectivity index (χ3v) is 8.49. The highest BCUT2D eigenvalue weighted by molar-refractivity contribution is 5.87. The van der Waals surface area contributed by atoms with Crippen molar-refractivity contribution in [1.29, 1.82) is 0 Å². The first kappa shape index (κ1) is 21.6. The van der Waals surface area contributed by atoms with Gasteiger partial charge < -0.3 is 20.8 Å². The van der Waals surface area contributed by atoms with Crippen molar-refractivity contribution in [2.45, 2.75) is 84.3 Å². The fourth-order valence-electron chi connectivity index (χ4n) is 6.21. The van der Waals surface area contributed by atoms with Gasteiger partial charge in [0.1, 0.15) is 6.04 Å². The van der Waals surface area contributed by atoms with E-state index in [1.807, 2.05) is 0 Å². The molecule has 0 heterocycles. The second kappa shape index (κ2) is 8.31. The lowest BCUT2D eigenvalue weighted by molar-refractivity contribution is -0.131. The minimum Gasteiger partial charge on any atom is -0.394 e. The number of amides is 2. The lowest BCUT2D eigenvalue weighted by Crippen LogP contribution is -2.50. The van der Waals surface area contributed by atoms with E-state index in [9.17, 15) is 19.8 Å². The molecule has 0 aliphatic heterocycles. The van der Waals surface area contributed by atoms with Crippen LogP contribution < -0.4 is 10.6 Å². The van der Waals surface area contributed by atoms with Crippen molar-refractivity contribution in [3.8, 4) is 0 Å². The second-order valence-electron chi connectivity index (χ2n) is 10.1. The fraction of sp³-hybridized carbons (Fsp3) is 0.909. The van der Waals surface area contributed by atoms with E-state index >= 15 is 0 Å². The van der Waals surface area contributed by atoms with Gasteiger partial charge in [-0.05, 0) is 54.3 Å². The second-order valence-corrected chi connectivity index (χ2v) is 10.1. The van der Waals surface area contributed by atoms with E-state index in [2.05, 4.69) is 31.4 Å². The summed E-state index contributed by atoms with van der Waals surface area (Å²) in [4.78, 5) is 25.0. The van der Waals surface area contributed by atoms with Crippen molar-refractivity contribution in [3.63, 3.8) is 0 Å². The number of hydrogen-bond donors (Lipinski definition) is 4. The summed E-state index contributed by atoms with van der Waals surface area (Å²) in [6, 6.07) is -0.921. The molecule has 0 aromatic rings. The van der Waals surface area contributed by atoms with Crippen molar-refractivity contribution < 1.29 is 19.8 Å². The Kier molecular flexibility index (Phi) is 6.40. The van der Waals surface area contributed by atoms with Gasteiger partial charge in [-0.1, -0.05) is 40.0 Å². The third-order valence-electron chi connectivity index (χ3n) is 8.49. The van der Waals surface area contributed by atoms with E-state index in [0.717, 1.165) is 25.7 Å². The first-order valence-corrected chi connectivity index (χ1v) is 11.1. The summed E-state index contributed by atoms with van der Waals surface area (Å²) in [7, 11) is 0. The van der Waals surface area contributed by atoms with E-state index in [1.54, 1.807) is 0 Å². The molecule has 5 atom stereocenters. The molecule has 0 saturated heterocycles. The van der Waals surface area contributed by atoms with Gasteiger partial charge in [0.2, 0.25) is 11.8 Å². The van der Waals surface area contributed by atoms with Gasteiger partial charge >= 0.3 is 0 Å². The van der Waals surface area contributed by atoms with Crippen LogP contribution in [-0.2, 0) is 9.59 Å². The highest BCUT2D eigenvalue weighted by atomic mass is 16.3. The van der Waals surface area contributed by atoms with Crippen LogP contribution in [0, 0.1) is 28.6 Å². The first-order chi connectivity index (χ1) is 13.2. The van der Waals surface area contributed by atoms with Gasteiger partial charge in [0.25, 0.3) is 0 Å². The fourth-order valence-corrected chi connectivity index (χ4v) is 6.21. The van der Waals surface area contributed by atoms with Gasteiger partial charge in [0, 0.05) is 13.0 Å². The molecule has 2 bridgehead atoms. The third kappa shape index (κ3) is 3.82. The van der Waals surface area contributed by atoms with E-state index in [4.69, 9.17) is 0 Å². The molecule has 6 nitrogen and oxygen atoms in total. The molecule has 6 heteroatoms. The molecule has 3 saturated carbocycles. The highest BCUT2D eigenvalue weighted by Crippen LogP contribution is 2.68. The van der Waals surface area contributed by atoms with Crippen LogP contribution in [0.3, 0.4) is 0 Å². The first-order valence-electron chi connectivity index (χ1n) is 11.1. The van der Waals surface area contributed by atoms with Gasteiger partial charge in [-0.3, -0.25) is 9.59 Å². The minimum atomic E-state index is -0.921. The lowest BCUT2D eigenvalue weighted by Gasteiger charge is -2.37. The van der Waals surface area contributed by atoms with E-state index in [1.165, 1.54) is 19.3 Å². The summed E-state index contributed by atoms with van der Waals surface area (Å²) in [5, 5.41) is 26.0. The van der Waals surface area contributed by atoms with Crippen molar-refractivity contribution in [2.24, 2.45) is 28.6 Å². The number of rotatable bonds is 7. The highest BCUT2D eigenvalue weighted by Gasteiger charge is 2.65. The molecule has 3 aliphatic rings.